The first-order valence-electron chi connectivity index (χ1n) is 6.16. The summed E-state index contributed by atoms with van der Waals surface area (Å²) in [4.78, 5) is 11.6. The minimum atomic E-state index is -3.48. The van der Waals surface area contributed by atoms with Crippen molar-refractivity contribution in [3.8, 4) is 5.75 Å². The van der Waals surface area contributed by atoms with Gasteiger partial charge in [0.25, 0.3) is 5.91 Å². The van der Waals surface area contributed by atoms with Crippen molar-refractivity contribution in [1.82, 2.24) is 0 Å². The molecule has 1 saturated carbocycles. The topological polar surface area (TPSA) is 98.5 Å². The first kappa shape index (κ1) is 14.6. The summed E-state index contributed by atoms with van der Waals surface area (Å²) in [6.45, 7) is 2.06. The predicted octanol–water partition coefficient (Wildman–Crippen LogP) is 1.22. The summed E-state index contributed by atoms with van der Waals surface area (Å²) in [7, 11) is -2.11. The van der Waals surface area contributed by atoms with Crippen molar-refractivity contribution in [3.63, 3.8) is 0 Å². The third kappa shape index (κ3) is 2.87. The van der Waals surface area contributed by atoms with Crippen LogP contribution in [0, 0.1) is 0 Å². The number of anilines is 1. The van der Waals surface area contributed by atoms with Gasteiger partial charge in [-0.25, -0.2) is 8.42 Å². The fourth-order valence-corrected chi connectivity index (χ4v) is 2.68. The first-order chi connectivity index (χ1) is 9.16. The molecule has 1 fully saturated rings. The quantitative estimate of drug-likeness (QED) is 0.853. The summed E-state index contributed by atoms with van der Waals surface area (Å²) in [5.41, 5.74) is 6.65. The molecule has 1 aliphatic carbocycles. The van der Waals surface area contributed by atoms with Gasteiger partial charge in [-0.1, -0.05) is 6.92 Å². The number of sulfonamides is 1. The molecule has 20 heavy (non-hydrogen) atoms. The monoisotopic (exact) mass is 298 g/mol. The zero-order valence-electron chi connectivity index (χ0n) is 11.7. The number of hydrogen-bond acceptors (Lipinski definition) is 4. The Hall–Kier alpha value is -1.76. The number of carbonyl (C=O) groups excluding carboxylic acids is 1. The molecule has 1 aromatic carbocycles. The van der Waals surface area contributed by atoms with Crippen LogP contribution in [0.15, 0.2) is 12.1 Å². The number of benzene rings is 1. The van der Waals surface area contributed by atoms with Crippen molar-refractivity contribution < 1.29 is 17.9 Å². The van der Waals surface area contributed by atoms with Crippen LogP contribution in [-0.2, 0) is 15.4 Å². The van der Waals surface area contributed by atoms with Crippen LogP contribution in [0.25, 0.3) is 0 Å². The van der Waals surface area contributed by atoms with Crippen LogP contribution in [-0.4, -0.2) is 27.7 Å². The number of hydrogen-bond donors (Lipinski definition) is 2. The normalized spacial score (nSPS) is 16.6. The van der Waals surface area contributed by atoms with Crippen LogP contribution in [0.3, 0.4) is 0 Å². The molecule has 0 bridgehead atoms. The molecule has 1 aromatic rings. The van der Waals surface area contributed by atoms with E-state index in [2.05, 4.69) is 11.6 Å². The van der Waals surface area contributed by atoms with E-state index in [4.69, 9.17) is 10.5 Å². The lowest BCUT2D eigenvalue weighted by atomic mass is 9.95. The summed E-state index contributed by atoms with van der Waals surface area (Å²) in [6, 6.07) is 3.39. The van der Waals surface area contributed by atoms with Crippen molar-refractivity contribution in [2.75, 3.05) is 18.1 Å². The molecule has 0 aromatic heterocycles. The Morgan fingerprint density at radius 2 is 2.00 bits per heavy atom. The number of methoxy groups -OCH3 is 1. The molecule has 7 heteroatoms. The van der Waals surface area contributed by atoms with Gasteiger partial charge in [0, 0.05) is 0 Å². The highest BCUT2D eigenvalue weighted by Crippen LogP contribution is 2.49. The van der Waals surface area contributed by atoms with Crippen molar-refractivity contribution >= 4 is 21.6 Å². The van der Waals surface area contributed by atoms with Gasteiger partial charge in [-0.05, 0) is 36.0 Å². The van der Waals surface area contributed by atoms with E-state index >= 15 is 0 Å². The highest BCUT2D eigenvalue weighted by atomic mass is 32.2. The molecule has 2 rings (SSSR count). The lowest BCUT2D eigenvalue weighted by Crippen LogP contribution is -2.17. The van der Waals surface area contributed by atoms with Gasteiger partial charge in [-0.3, -0.25) is 9.52 Å². The van der Waals surface area contributed by atoms with E-state index in [-0.39, 0.29) is 22.4 Å². The highest BCUT2D eigenvalue weighted by Gasteiger charge is 2.40. The minimum Gasteiger partial charge on any atom is -0.494 e. The smallest absolute Gasteiger partial charge is 0.252 e. The third-order valence-corrected chi connectivity index (χ3v) is 4.14. The van der Waals surface area contributed by atoms with Crippen molar-refractivity contribution in [2.45, 2.75) is 25.2 Å². The molecule has 0 aliphatic heterocycles. The molecule has 3 N–H and O–H groups in total. The van der Waals surface area contributed by atoms with Gasteiger partial charge in [0.2, 0.25) is 10.0 Å². The largest absolute Gasteiger partial charge is 0.494 e. The second-order valence-corrected chi connectivity index (χ2v) is 7.15. The van der Waals surface area contributed by atoms with Crippen LogP contribution in [0.1, 0.15) is 35.7 Å². The van der Waals surface area contributed by atoms with Gasteiger partial charge in [-0.15, -0.1) is 0 Å². The molecule has 0 heterocycles. The molecule has 0 saturated heterocycles. The molecule has 0 radical (unpaired) electrons. The number of rotatable bonds is 5. The number of amides is 1. The van der Waals surface area contributed by atoms with Crippen LogP contribution in [0.5, 0.6) is 5.75 Å². The van der Waals surface area contributed by atoms with Gasteiger partial charge in [0.05, 0.1) is 24.6 Å². The minimum absolute atomic E-state index is 0.0234. The summed E-state index contributed by atoms with van der Waals surface area (Å²) >= 11 is 0. The summed E-state index contributed by atoms with van der Waals surface area (Å²) in [6.07, 6.45) is 3.04. The molecule has 0 atom stereocenters. The Morgan fingerprint density at radius 1 is 1.40 bits per heavy atom. The third-order valence-electron chi connectivity index (χ3n) is 3.55. The van der Waals surface area contributed by atoms with Gasteiger partial charge in [-0.2, -0.15) is 0 Å². The summed E-state index contributed by atoms with van der Waals surface area (Å²) < 4.78 is 30.4. The van der Waals surface area contributed by atoms with Gasteiger partial charge in [0.1, 0.15) is 0 Å². The Morgan fingerprint density at radius 3 is 2.40 bits per heavy atom. The summed E-state index contributed by atoms with van der Waals surface area (Å²) in [5, 5.41) is 0. The lowest BCUT2D eigenvalue weighted by molar-refractivity contribution is 0.0997. The SMILES string of the molecule is COc1c(NS(C)(=O)=O)cc(C2(C)CC2)cc1C(N)=O. The lowest BCUT2D eigenvalue weighted by Gasteiger charge is -2.17. The number of ether oxygens (including phenoxy) is 1. The number of nitrogens with two attached hydrogens (primary N) is 1. The van der Waals surface area contributed by atoms with Crippen LogP contribution >= 0.6 is 0 Å². The number of primary amides is 1. The molecule has 110 valence electrons. The molecular formula is C13H18N2O4S. The zero-order valence-corrected chi connectivity index (χ0v) is 12.5. The fraction of sp³-hybridized carbons (Fsp3) is 0.462. The van der Waals surface area contributed by atoms with Crippen LogP contribution in [0.4, 0.5) is 5.69 Å². The molecule has 0 spiro atoms. The average Bonchev–Trinajstić information content (AvgIpc) is 3.05. The highest BCUT2D eigenvalue weighted by molar-refractivity contribution is 7.92. The fourth-order valence-electron chi connectivity index (χ4n) is 2.13. The average molecular weight is 298 g/mol. The number of nitrogens with one attached hydrogen (secondary N) is 1. The maximum atomic E-state index is 11.6. The second-order valence-electron chi connectivity index (χ2n) is 5.40. The van der Waals surface area contributed by atoms with E-state index in [0.717, 1.165) is 24.7 Å². The van der Waals surface area contributed by atoms with Crippen LogP contribution < -0.4 is 15.2 Å². The number of carbonyl (C=O) groups is 1. The molecule has 0 unspecified atom stereocenters. The van der Waals surface area contributed by atoms with E-state index in [1.807, 2.05) is 0 Å². The Balaban J connectivity index is 2.63. The second kappa shape index (κ2) is 4.66. The van der Waals surface area contributed by atoms with Gasteiger partial charge >= 0.3 is 0 Å². The Labute approximate surface area is 118 Å². The van der Waals surface area contributed by atoms with Crippen LogP contribution in [0.2, 0.25) is 0 Å². The van der Waals surface area contributed by atoms with Crippen molar-refractivity contribution in [1.29, 1.82) is 0 Å². The molecule has 1 aliphatic rings. The van der Waals surface area contributed by atoms with Gasteiger partial charge < -0.3 is 10.5 Å². The predicted molar refractivity (Wildman–Crippen MR) is 76.6 cm³/mol. The van der Waals surface area contributed by atoms with E-state index in [1.165, 1.54) is 7.11 Å². The van der Waals surface area contributed by atoms with Gasteiger partial charge in [0.15, 0.2) is 5.75 Å². The zero-order chi connectivity index (χ0) is 15.1. The molecule has 1 amide bonds. The maximum Gasteiger partial charge on any atom is 0.252 e. The van der Waals surface area contributed by atoms with E-state index in [0.29, 0.717) is 0 Å². The maximum absolute atomic E-state index is 11.6. The van der Waals surface area contributed by atoms with Crippen molar-refractivity contribution in [2.24, 2.45) is 5.73 Å². The Kier molecular flexibility index (Phi) is 3.41. The van der Waals surface area contributed by atoms with E-state index < -0.39 is 15.9 Å². The molecule has 6 nitrogen and oxygen atoms in total. The van der Waals surface area contributed by atoms with Crippen molar-refractivity contribution in [3.05, 3.63) is 23.3 Å². The van der Waals surface area contributed by atoms with E-state index in [9.17, 15) is 13.2 Å². The summed E-state index contributed by atoms with van der Waals surface area (Å²) in [5.74, 6) is -0.500. The first-order valence-corrected chi connectivity index (χ1v) is 8.05. The molecular weight excluding hydrogens is 280 g/mol. The van der Waals surface area contributed by atoms with E-state index in [1.54, 1.807) is 12.1 Å². The Bertz CT molecular complexity index is 663. The standard InChI is InChI=1S/C13H18N2O4S/c1-13(4-5-13)8-6-9(12(14)16)11(19-2)10(7-8)15-20(3,17)18/h6-7,15H,4-5H2,1-3H3,(H2,14,16).